The van der Waals surface area contributed by atoms with Gasteiger partial charge in [-0.15, -0.1) is 0 Å². The van der Waals surface area contributed by atoms with E-state index in [0.717, 1.165) is 0 Å². The molecule has 0 amide bonds. The van der Waals surface area contributed by atoms with E-state index in [-0.39, 0.29) is 0 Å². The summed E-state index contributed by atoms with van der Waals surface area (Å²) in [6, 6.07) is 6.68. The van der Waals surface area contributed by atoms with Gasteiger partial charge in [-0.2, -0.15) is 0 Å². The summed E-state index contributed by atoms with van der Waals surface area (Å²) in [4.78, 5) is 0. The summed E-state index contributed by atoms with van der Waals surface area (Å²) in [7, 11) is 0. The Bertz CT molecular complexity index is 490. The van der Waals surface area contributed by atoms with Gasteiger partial charge < -0.3 is 9.52 Å². The van der Waals surface area contributed by atoms with Crippen LogP contribution >= 0.6 is 23.2 Å². The maximum absolute atomic E-state index is 10.4. The van der Waals surface area contributed by atoms with E-state index in [1.807, 2.05) is 0 Å². The predicted octanol–water partition coefficient (Wildman–Crippen LogP) is 3.84. The van der Waals surface area contributed by atoms with Gasteiger partial charge in [0.25, 0.3) is 0 Å². The third kappa shape index (κ3) is 1.96. The van der Waals surface area contributed by atoms with Crippen LogP contribution in [0.4, 0.5) is 0 Å². The van der Waals surface area contributed by atoms with Gasteiger partial charge in [-0.05, 0) is 31.2 Å². The topological polar surface area (TPSA) is 33.4 Å². The molecule has 0 saturated carbocycles. The van der Waals surface area contributed by atoms with Crippen LogP contribution in [0.2, 0.25) is 10.0 Å². The fourth-order valence-electron chi connectivity index (χ4n) is 1.57. The summed E-state index contributed by atoms with van der Waals surface area (Å²) in [6.45, 7) is 1.65. The molecule has 16 heavy (non-hydrogen) atoms. The fraction of sp³-hybridized carbons (Fsp3) is 0.167. The number of rotatable bonds is 2. The quantitative estimate of drug-likeness (QED) is 0.886. The number of aliphatic hydroxyl groups is 1. The van der Waals surface area contributed by atoms with Gasteiger partial charge in [-0.1, -0.05) is 23.2 Å². The molecular formula is C12H10Cl2O2. The first-order valence-corrected chi connectivity index (χ1v) is 5.48. The summed E-state index contributed by atoms with van der Waals surface area (Å²) in [5.74, 6) is 0. The molecular weight excluding hydrogens is 247 g/mol. The van der Waals surface area contributed by atoms with E-state index in [9.17, 15) is 5.11 Å². The summed E-state index contributed by atoms with van der Waals surface area (Å²) in [5, 5.41) is 11.4. The molecule has 4 heteroatoms. The molecule has 0 fully saturated rings. The van der Waals surface area contributed by atoms with Crippen molar-refractivity contribution in [3.63, 3.8) is 0 Å². The molecule has 1 atom stereocenters. The number of benzene rings is 1. The number of hydrogen-bond acceptors (Lipinski definition) is 2. The van der Waals surface area contributed by atoms with Crippen molar-refractivity contribution < 1.29 is 9.52 Å². The molecule has 0 aliphatic heterocycles. The molecule has 0 aliphatic carbocycles. The van der Waals surface area contributed by atoms with E-state index in [4.69, 9.17) is 27.6 Å². The van der Waals surface area contributed by atoms with Crippen molar-refractivity contribution in [2.75, 3.05) is 0 Å². The molecule has 0 radical (unpaired) electrons. The Hall–Kier alpha value is -0.960. The minimum atomic E-state index is -1.21. The molecule has 1 unspecified atom stereocenters. The van der Waals surface area contributed by atoms with Crippen LogP contribution in [-0.4, -0.2) is 5.11 Å². The van der Waals surface area contributed by atoms with E-state index in [0.29, 0.717) is 21.2 Å². The first kappa shape index (κ1) is 11.5. The highest BCUT2D eigenvalue weighted by atomic mass is 35.5. The summed E-state index contributed by atoms with van der Waals surface area (Å²) < 4.78 is 4.96. The maximum Gasteiger partial charge on any atom is 0.116 e. The van der Waals surface area contributed by atoms with Gasteiger partial charge in [0.2, 0.25) is 0 Å². The lowest BCUT2D eigenvalue weighted by Gasteiger charge is -2.23. The number of halogens is 2. The zero-order valence-electron chi connectivity index (χ0n) is 8.58. The molecule has 2 nitrogen and oxygen atoms in total. The highest BCUT2D eigenvalue weighted by Crippen LogP contribution is 2.35. The van der Waals surface area contributed by atoms with Gasteiger partial charge >= 0.3 is 0 Å². The van der Waals surface area contributed by atoms with Crippen molar-refractivity contribution in [3.8, 4) is 0 Å². The van der Waals surface area contributed by atoms with Crippen molar-refractivity contribution in [3.05, 3.63) is 58.0 Å². The van der Waals surface area contributed by atoms with E-state index in [2.05, 4.69) is 0 Å². The minimum Gasteiger partial charge on any atom is -0.472 e. The standard InChI is InChI=1S/C12H10Cl2O2/c1-12(15,8-4-5-16-7-8)10-6-9(13)2-3-11(10)14/h2-7,15H,1H3. The largest absolute Gasteiger partial charge is 0.472 e. The van der Waals surface area contributed by atoms with E-state index < -0.39 is 5.60 Å². The van der Waals surface area contributed by atoms with Gasteiger partial charge in [0.1, 0.15) is 5.60 Å². The molecule has 1 N–H and O–H groups in total. The molecule has 1 heterocycles. The van der Waals surface area contributed by atoms with Crippen LogP contribution in [-0.2, 0) is 5.60 Å². The highest BCUT2D eigenvalue weighted by Gasteiger charge is 2.29. The van der Waals surface area contributed by atoms with Crippen molar-refractivity contribution in [2.45, 2.75) is 12.5 Å². The summed E-state index contributed by atoms with van der Waals surface area (Å²) >= 11 is 11.9. The van der Waals surface area contributed by atoms with Crippen molar-refractivity contribution >= 4 is 23.2 Å². The van der Waals surface area contributed by atoms with Crippen LogP contribution in [0.5, 0.6) is 0 Å². The van der Waals surface area contributed by atoms with Crippen molar-refractivity contribution in [2.24, 2.45) is 0 Å². The van der Waals surface area contributed by atoms with Gasteiger partial charge in [-0.25, -0.2) is 0 Å². The Morgan fingerprint density at radius 1 is 1.25 bits per heavy atom. The molecule has 1 aromatic carbocycles. The zero-order valence-corrected chi connectivity index (χ0v) is 10.1. The van der Waals surface area contributed by atoms with Crippen molar-refractivity contribution in [1.82, 2.24) is 0 Å². The SMILES string of the molecule is CC(O)(c1ccoc1)c1cc(Cl)ccc1Cl. The second kappa shape index (κ2) is 4.13. The van der Waals surface area contributed by atoms with Gasteiger partial charge in [0, 0.05) is 21.2 Å². The minimum absolute atomic E-state index is 0.468. The second-order valence-corrected chi connectivity index (χ2v) is 4.55. The number of furan rings is 1. The molecule has 2 aromatic rings. The van der Waals surface area contributed by atoms with Crippen LogP contribution in [0.3, 0.4) is 0 Å². The third-order valence-corrected chi connectivity index (χ3v) is 3.10. The molecule has 0 aliphatic rings. The Labute approximate surface area is 103 Å². The third-order valence-electron chi connectivity index (χ3n) is 2.54. The monoisotopic (exact) mass is 256 g/mol. The van der Waals surface area contributed by atoms with Crippen LogP contribution in [0.25, 0.3) is 0 Å². The van der Waals surface area contributed by atoms with E-state index in [1.54, 1.807) is 31.2 Å². The van der Waals surface area contributed by atoms with E-state index >= 15 is 0 Å². The van der Waals surface area contributed by atoms with Crippen LogP contribution in [0.15, 0.2) is 41.2 Å². The molecule has 1 aromatic heterocycles. The lowest BCUT2D eigenvalue weighted by molar-refractivity contribution is 0.102. The summed E-state index contributed by atoms with van der Waals surface area (Å²) in [6.07, 6.45) is 2.99. The first-order chi connectivity index (χ1) is 7.51. The van der Waals surface area contributed by atoms with Gasteiger partial charge in [-0.3, -0.25) is 0 Å². The Kier molecular flexibility index (Phi) is 2.98. The Morgan fingerprint density at radius 3 is 2.62 bits per heavy atom. The molecule has 0 saturated heterocycles. The van der Waals surface area contributed by atoms with Crippen LogP contribution < -0.4 is 0 Å². The second-order valence-electron chi connectivity index (χ2n) is 3.71. The molecule has 84 valence electrons. The molecule has 0 bridgehead atoms. The average Bonchev–Trinajstić information content (AvgIpc) is 2.75. The Balaban J connectivity index is 2.55. The van der Waals surface area contributed by atoms with Crippen LogP contribution in [0, 0.1) is 0 Å². The highest BCUT2D eigenvalue weighted by molar-refractivity contribution is 6.33. The zero-order chi connectivity index (χ0) is 11.8. The van der Waals surface area contributed by atoms with E-state index in [1.165, 1.54) is 12.5 Å². The van der Waals surface area contributed by atoms with Gasteiger partial charge in [0.05, 0.1) is 12.5 Å². The lowest BCUT2D eigenvalue weighted by Crippen LogP contribution is -2.22. The predicted molar refractivity (Wildman–Crippen MR) is 63.8 cm³/mol. The maximum atomic E-state index is 10.4. The number of hydrogen-bond donors (Lipinski definition) is 1. The normalized spacial score (nSPS) is 14.8. The smallest absolute Gasteiger partial charge is 0.116 e. The summed E-state index contributed by atoms with van der Waals surface area (Å²) in [5.41, 5.74) is -0.0191. The van der Waals surface area contributed by atoms with Gasteiger partial charge in [0.15, 0.2) is 0 Å². The fourth-order valence-corrected chi connectivity index (χ4v) is 2.04. The molecule has 2 rings (SSSR count). The molecule has 0 spiro atoms. The lowest BCUT2D eigenvalue weighted by atomic mass is 9.90. The Morgan fingerprint density at radius 2 is 2.00 bits per heavy atom. The average molecular weight is 257 g/mol. The van der Waals surface area contributed by atoms with Crippen LogP contribution in [0.1, 0.15) is 18.1 Å². The van der Waals surface area contributed by atoms with Crippen molar-refractivity contribution in [1.29, 1.82) is 0 Å². The first-order valence-electron chi connectivity index (χ1n) is 4.72.